The molecule has 1 fully saturated rings. The molecule has 2 aliphatic rings. The highest BCUT2D eigenvalue weighted by Crippen LogP contribution is 2.44. The average Bonchev–Trinajstić information content (AvgIpc) is 3.39. The standard InChI is InChI=1S/C22H28N3O3PS/c1-6-18(26)24-22-23-12(2)20(30-22)15-9-16-11-25(13(3)14-7-8-14)21(27)19(16)17(10-15)29(4,5)28/h9-10,13-14H,6-8,11H2,1-5H3,(H,23,24,26). The number of hydrogen-bond acceptors (Lipinski definition) is 5. The van der Waals surface area contributed by atoms with E-state index in [4.69, 9.17) is 0 Å². The largest absolute Gasteiger partial charge is 0.331 e. The molecule has 1 saturated carbocycles. The van der Waals surface area contributed by atoms with E-state index in [1.165, 1.54) is 24.2 Å². The van der Waals surface area contributed by atoms with Gasteiger partial charge in [-0.15, -0.1) is 0 Å². The SMILES string of the molecule is CCC(=O)Nc1nc(C)c(-c2cc3c(c(P(C)(C)=O)c2)C(=O)N(C(C)C2CC2)C3)s1. The zero-order valence-corrected chi connectivity index (χ0v) is 19.8. The molecule has 1 aliphatic carbocycles. The third kappa shape index (κ3) is 3.85. The summed E-state index contributed by atoms with van der Waals surface area (Å²) < 4.78 is 13.2. The lowest BCUT2D eigenvalue weighted by Crippen LogP contribution is -2.35. The van der Waals surface area contributed by atoms with E-state index in [0.29, 0.717) is 34.9 Å². The highest BCUT2D eigenvalue weighted by Gasteiger charge is 2.41. The molecule has 0 radical (unpaired) electrons. The van der Waals surface area contributed by atoms with Gasteiger partial charge in [-0.25, -0.2) is 4.98 Å². The molecule has 2 heterocycles. The minimum Gasteiger partial charge on any atom is -0.331 e. The Morgan fingerprint density at radius 1 is 1.37 bits per heavy atom. The van der Waals surface area contributed by atoms with Crippen molar-refractivity contribution in [1.29, 1.82) is 0 Å². The van der Waals surface area contributed by atoms with Crippen LogP contribution in [0.4, 0.5) is 5.13 Å². The van der Waals surface area contributed by atoms with Crippen molar-refractivity contribution in [3.8, 4) is 10.4 Å². The Kier molecular flexibility index (Phi) is 5.39. The van der Waals surface area contributed by atoms with E-state index in [-0.39, 0.29) is 17.9 Å². The Morgan fingerprint density at radius 3 is 2.67 bits per heavy atom. The van der Waals surface area contributed by atoms with E-state index in [1.54, 1.807) is 20.3 Å². The summed E-state index contributed by atoms with van der Waals surface area (Å²) in [7, 11) is -2.68. The van der Waals surface area contributed by atoms with Crippen molar-refractivity contribution in [3.05, 3.63) is 29.0 Å². The third-order valence-electron chi connectivity index (χ3n) is 6.02. The van der Waals surface area contributed by atoms with E-state index in [1.807, 2.05) is 24.0 Å². The summed E-state index contributed by atoms with van der Waals surface area (Å²) in [6.07, 6.45) is 2.74. The quantitative estimate of drug-likeness (QED) is 0.666. The predicted molar refractivity (Wildman–Crippen MR) is 122 cm³/mol. The second-order valence-corrected chi connectivity index (χ2v) is 12.9. The van der Waals surface area contributed by atoms with Gasteiger partial charge in [-0.05, 0) is 69.2 Å². The first-order valence-corrected chi connectivity index (χ1v) is 13.8. The lowest BCUT2D eigenvalue weighted by molar-refractivity contribution is -0.115. The summed E-state index contributed by atoms with van der Waals surface area (Å²) in [5.74, 6) is 0.508. The van der Waals surface area contributed by atoms with Gasteiger partial charge in [0.1, 0.15) is 7.14 Å². The van der Waals surface area contributed by atoms with Gasteiger partial charge in [0.2, 0.25) is 5.91 Å². The Bertz CT molecular complexity index is 1080. The van der Waals surface area contributed by atoms with E-state index in [2.05, 4.69) is 17.2 Å². The summed E-state index contributed by atoms with van der Waals surface area (Å²) in [6.45, 7) is 9.83. The molecule has 2 amide bonds. The molecular weight excluding hydrogens is 417 g/mol. The van der Waals surface area contributed by atoms with Crippen LogP contribution >= 0.6 is 18.5 Å². The molecule has 0 saturated heterocycles. The van der Waals surface area contributed by atoms with Crippen molar-refractivity contribution in [1.82, 2.24) is 9.88 Å². The van der Waals surface area contributed by atoms with Gasteiger partial charge in [-0.2, -0.15) is 0 Å². The molecule has 2 aromatic rings. The number of carbonyl (C=O) groups is 2. The zero-order chi connectivity index (χ0) is 21.8. The highest BCUT2D eigenvalue weighted by atomic mass is 32.1. The Morgan fingerprint density at radius 2 is 2.07 bits per heavy atom. The monoisotopic (exact) mass is 445 g/mol. The van der Waals surface area contributed by atoms with Crippen molar-refractivity contribution in [3.63, 3.8) is 0 Å². The first kappa shape index (κ1) is 21.3. The summed E-state index contributed by atoms with van der Waals surface area (Å²) in [6, 6.07) is 4.14. The van der Waals surface area contributed by atoms with E-state index >= 15 is 0 Å². The van der Waals surface area contributed by atoms with E-state index in [9.17, 15) is 14.2 Å². The number of anilines is 1. The number of nitrogens with one attached hydrogen (secondary N) is 1. The van der Waals surface area contributed by atoms with Crippen molar-refractivity contribution >= 4 is 40.7 Å². The van der Waals surface area contributed by atoms with Crippen LogP contribution < -0.4 is 10.6 Å². The first-order valence-electron chi connectivity index (χ1n) is 10.4. The van der Waals surface area contributed by atoms with Crippen LogP contribution in [0.2, 0.25) is 0 Å². The highest BCUT2D eigenvalue weighted by molar-refractivity contribution is 7.70. The molecule has 4 rings (SSSR count). The van der Waals surface area contributed by atoms with Crippen LogP contribution in [0.5, 0.6) is 0 Å². The number of amides is 2. The van der Waals surface area contributed by atoms with Gasteiger partial charge in [0.15, 0.2) is 5.13 Å². The number of aromatic nitrogens is 1. The summed E-state index contributed by atoms with van der Waals surface area (Å²) in [4.78, 5) is 32.4. The predicted octanol–water partition coefficient (Wildman–Crippen LogP) is 4.47. The van der Waals surface area contributed by atoms with Gasteiger partial charge in [-0.1, -0.05) is 18.3 Å². The van der Waals surface area contributed by atoms with Crippen LogP contribution in [-0.2, 0) is 15.9 Å². The number of benzene rings is 1. The Labute approximate surface area is 181 Å². The molecule has 1 aromatic heterocycles. The second kappa shape index (κ2) is 7.61. The van der Waals surface area contributed by atoms with Gasteiger partial charge in [0.05, 0.1) is 16.1 Å². The van der Waals surface area contributed by atoms with E-state index in [0.717, 1.165) is 21.7 Å². The number of aryl methyl sites for hydroxylation is 1. The lowest BCUT2D eigenvalue weighted by Gasteiger charge is -2.24. The zero-order valence-electron chi connectivity index (χ0n) is 18.1. The molecule has 6 nitrogen and oxygen atoms in total. The van der Waals surface area contributed by atoms with Gasteiger partial charge in [0, 0.05) is 24.3 Å². The fourth-order valence-corrected chi connectivity index (χ4v) is 6.30. The summed E-state index contributed by atoms with van der Waals surface area (Å²) in [5, 5.41) is 4.03. The number of hydrogen-bond donors (Lipinski definition) is 1. The van der Waals surface area contributed by atoms with Crippen LogP contribution in [0.25, 0.3) is 10.4 Å². The van der Waals surface area contributed by atoms with Crippen LogP contribution in [0.3, 0.4) is 0 Å². The summed E-state index contributed by atoms with van der Waals surface area (Å²) in [5.41, 5.74) is 3.29. The number of carbonyl (C=O) groups excluding carboxylic acids is 2. The van der Waals surface area contributed by atoms with Gasteiger partial charge in [0.25, 0.3) is 5.91 Å². The average molecular weight is 446 g/mol. The van der Waals surface area contributed by atoms with Crippen molar-refractivity contribution in [2.24, 2.45) is 5.92 Å². The molecule has 8 heteroatoms. The summed E-state index contributed by atoms with van der Waals surface area (Å²) >= 11 is 1.41. The smallest absolute Gasteiger partial charge is 0.255 e. The normalized spacial score (nSPS) is 17.2. The Balaban J connectivity index is 1.78. The fourth-order valence-electron chi connectivity index (χ4n) is 4.10. The van der Waals surface area contributed by atoms with Gasteiger partial charge in [-0.3, -0.25) is 9.59 Å². The van der Waals surface area contributed by atoms with Crippen molar-refractivity contribution < 1.29 is 14.2 Å². The molecule has 1 atom stereocenters. The molecular formula is C22H28N3O3PS. The number of rotatable bonds is 6. The number of thiazole rings is 1. The second-order valence-electron chi connectivity index (χ2n) is 8.73. The molecule has 1 N–H and O–H groups in total. The van der Waals surface area contributed by atoms with Crippen molar-refractivity contribution in [2.75, 3.05) is 18.6 Å². The minimum absolute atomic E-state index is 0.00630. The molecule has 1 aliphatic heterocycles. The first-order chi connectivity index (χ1) is 14.1. The minimum atomic E-state index is -2.68. The van der Waals surface area contributed by atoms with Crippen molar-refractivity contribution in [2.45, 2.75) is 52.6 Å². The molecule has 1 aromatic carbocycles. The maximum atomic E-state index is 13.3. The maximum absolute atomic E-state index is 13.3. The van der Waals surface area contributed by atoms with Gasteiger partial charge >= 0.3 is 0 Å². The molecule has 30 heavy (non-hydrogen) atoms. The molecule has 1 unspecified atom stereocenters. The van der Waals surface area contributed by atoms with Crippen LogP contribution in [0.15, 0.2) is 12.1 Å². The number of fused-ring (bicyclic) bond motifs is 1. The topological polar surface area (TPSA) is 79.4 Å². The van der Waals surface area contributed by atoms with E-state index < -0.39 is 7.14 Å². The third-order valence-corrected chi connectivity index (χ3v) is 8.65. The maximum Gasteiger partial charge on any atom is 0.255 e. The van der Waals surface area contributed by atoms with Crippen LogP contribution in [0.1, 0.15) is 54.7 Å². The molecule has 160 valence electrons. The number of nitrogens with zero attached hydrogens (tertiary/aromatic N) is 2. The van der Waals surface area contributed by atoms with Gasteiger partial charge < -0.3 is 14.8 Å². The molecule has 0 spiro atoms. The van der Waals surface area contributed by atoms with Crippen LogP contribution in [-0.4, -0.2) is 41.1 Å². The molecule has 0 bridgehead atoms. The fraction of sp³-hybridized carbons (Fsp3) is 0.500. The van der Waals surface area contributed by atoms with Crippen LogP contribution in [0, 0.1) is 12.8 Å². The lowest BCUT2D eigenvalue weighted by atomic mass is 10.0. The Hall–Kier alpha value is -1.98.